The maximum Gasteiger partial charge on any atom is 0.410 e. The van der Waals surface area contributed by atoms with Gasteiger partial charge in [0.15, 0.2) is 5.15 Å². The number of nitrogens with zero attached hydrogens (tertiary/aromatic N) is 3. The van der Waals surface area contributed by atoms with Crippen molar-refractivity contribution in [3.63, 3.8) is 0 Å². The van der Waals surface area contributed by atoms with Crippen LogP contribution < -0.4 is 4.74 Å². The van der Waals surface area contributed by atoms with Gasteiger partial charge in [-0.15, -0.1) is 10.2 Å². The highest BCUT2D eigenvalue weighted by atomic mass is 35.5. The van der Waals surface area contributed by atoms with Crippen LogP contribution in [0.3, 0.4) is 0 Å². The maximum absolute atomic E-state index is 12.2. The molecule has 24 heavy (non-hydrogen) atoms. The van der Waals surface area contributed by atoms with Gasteiger partial charge >= 0.3 is 6.09 Å². The molecule has 1 amide bonds. The molecule has 1 fully saturated rings. The summed E-state index contributed by atoms with van der Waals surface area (Å²) in [6.45, 7) is 7.80. The summed E-state index contributed by atoms with van der Waals surface area (Å²) in [7, 11) is 0. The lowest BCUT2D eigenvalue weighted by Gasteiger charge is -2.34. The quantitative estimate of drug-likeness (QED) is 0.748. The van der Waals surface area contributed by atoms with E-state index in [0.29, 0.717) is 23.6 Å². The summed E-state index contributed by atoms with van der Waals surface area (Å²) in [6.07, 6.45) is 3.88. The van der Waals surface area contributed by atoms with Crippen molar-refractivity contribution in [1.82, 2.24) is 15.1 Å². The first-order valence-corrected chi connectivity index (χ1v) is 8.81. The number of carbonyl (C=O) groups excluding carboxylic acids is 1. The minimum Gasteiger partial charge on any atom is -0.477 e. The lowest BCUT2D eigenvalue weighted by molar-refractivity contribution is 0.0159. The van der Waals surface area contributed by atoms with Gasteiger partial charge in [0.05, 0.1) is 6.61 Å². The molecule has 1 aromatic rings. The summed E-state index contributed by atoms with van der Waals surface area (Å²) < 4.78 is 11.0. The van der Waals surface area contributed by atoms with E-state index in [-0.39, 0.29) is 6.09 Å². The van der Waals surface area contributed by atoms with Crippen molar-refractivity contribution in [2.45, 2.75) is 52.1 Å². The first-order chi connectivity index (χ1) is 11.3. The Labute approximate surface area is 148 Å². The molecule has 1 aliphatic rings. The molecule has 0 unspecified atom stereocenters. The average molecular weight is 356 g/mol. The Kier molecular flexibility index (Phi) is 6.66. The Morgan fingerprint density at radius 3 is 2.83 bits per heavy atom. The molecule has 1 aromatic heterocycles. The fraction of sp³-hybridized carbons (Fsp3) is 0.706. The number of amides is 1. The van der Waals surface area contributed by atoms with Gasteiger partial charge in [0.2, 0.25) is 5.88 Å². The van der Waals surface area contributed by atoms with Gasteiger partial charge in [-0.05, 0) is 58.4 Å². The molecule has 2 rings (SSSR count). The van der Waals surface area contributed by atoms with Gasteiger partial charge in [-0.2, -0.15) is 0 Å². The zero-order valence-corrected chi connectivity index (χ0v) is 15.4. The molecule has 2 heterocycles. The van der Waals surface area contributed by atoms with Gasteiger partial charge in [0.1, 0.15) is 5.60 Å². The van der Waals surface area contributed by atoms with Crippen LogP contribution in [-0.2, 0) is 4.74 Å². The van der Waals surface area contributed by atoms with Crippen molar-refractivity contribution >= 4 is 17.7 Å². The van der Waals surface area contributed by atoms with Gasteiger partial charge in [-0.25, -0.2) is 4.79 Å². The molecule has 1 atom stereocenters. The number of piperidine rings is 1. The Balaban J connectivity index is 1.69. The van der Waals surface area contributed by atoms with Crippen molar-refractivity contribution in [2.24, 2.45) is 5.92 Å². The zero-order chi connectivity index (χ0) is 17.6. The fourth-order valence-corrected chi connectivity index (χ4v) is 2.82. The van der Waals surface area contributed by atoms with E-state index < -0.39 is 5.60 Å². The third-order valence-corrected chi connectivity index (χ3v) is 3.99. The summed E-state index contributed by atoms with van der Waals surface area (Å²) in [5.74, 6) is 0.976. The highest BCUT2D eigenvalue weighted by Gasteiger charge is 2.27. The Hall–Kier alpha value is -1.56. The number of likely N-dealkylation sites (tertiary alicyclic amines) is 1. The van der Waals surface area contributed by atoms with Crippen LogP contribution in [0.4, 0.5) is 4.79 Å². The molecular weight excluding hydrogens is 330 g/mol. The second-order valence-corrected chi connectivity index (χ2v) is 7.51. The second kappa shape index (κ2) is 8.51. The van der Waals surface area contributed by atoms with E-state index in [2.05, 4.69) is 10.2 Å². The predicted molar refractivity (Wildman–Crippen MR) is 92.3 cm³/mol. The van der Waals surface area contributed by atoms with Crippen molar-refractivity contribution < 1.29 is 14.3 Å². The number of hydrogen-bond acceptors (Lipinski definition) is 5. The normalized spacial score (nSPS) is 18.3. The first-order valence-electron chi connectivity index (χ1n) is 8.43. The monoisotopic (exact) mass is 355 g/mol. The van der Waals surface area contributed by atoms with Crippen LogP contribution in [0.25, 0.3) is 0 Å². The minimum absolute atomic E-state index is 0.208. The number of hydrogen-bond donors (Lipinski definition) is 0. The van der Waals surface area contributed by atoms with Crippen molar-refractivity contribution in [2.75, 3.05) is 19.7 Å². The summed E-state index contributed by atoms with van der Waals surface area (Å²) >= 11 is 5.68. The highest BCUT2D eigenvalue weighted by Crippen LogP contribution is 2.23. The lowest BCUT2D eigenvalue weighted by atomic mass is 9.94. The highest BCUT2D eigenvalue weighted by molar-refractivity contribution is 6.29. The third kappa shape index (κ3) is 6.51. The predicted octanol–water partition coefficient (Wildman–Crippen LogP) is 3.94. The van der Waals surface area contributed by atoms with E-state index in [4.69, 9.17) is 21.1 Å². The Bertz CT molecular complexity index is 531. The van der Waals surface area contributed by atoms with Gasteiger partial charge in [-0.3, -0.25) is 0 Å². The summed E-state index contributed by atoms with van der Waals surface area (Å²) in [5.41, 5.74) is -0.447. The molecule has 1 aliphatic heterocycles. The summed E-state index contributed by atoms with van der Waals surface area (Å²) in [4.78, 5) is 14.0. The molecule has 0 spiro atoms. The second-order valence-electron chi connectivity index (χ2n) is 7.12. The van der Waals surface area contributed by atoms with Crippen LogP contribution in [0.5, 0.6) is 5.88 Å². The van der Waals surface area contributed by atoms with Crippen LogP contribution in [0.15, 0.2) is 12.1 Å². The van der Waals surface area contributed by atoms with Gasteiger partial charge < -0.3 is 14.4 Å². The largest absolute Gasteiger partial charge is 0.477 e. The fourth-order valence-electron chi connectivity index (χ4n) is 2.72. The van der Waals surface area contributed by atoms with Crippen LogP contribution in [0.1, 0.15) is 46.5 Å². The van der Waals surface area contributed by atoms with Gasteiger partial charge in [-0.1, -0.05) is 11.6 Å². The number of ether oxygens (including phenoxy) is 2. The van der Waals surface area contributed by atoms with Gasteiger partial charge in [0, 0.05) is 19.2 Å². The van der Waals surface area contributed by atoms with Crippen LogP contribution >= 0.6 is 11.6 Å². The smallest absolute Gasteiger partial charge is 0.410 e. The molecule has 0 aromatic carbocycles. The molecule has 134 valence electrons. The molecule has 0 bridgehead atoms. The van der Waals surface area contributed by atoms with E-state index >= 15 is 0 Å². The molecule has 0 N–H and O–H groups in total. The van der Waals surface area contributed by atoms with Crippen LogP contribution in [0, 0.1) is 5.92 Å². The summed E-state index contributed by atoms with van der Waals surface area (Å²) in [6, 6.07) is 3.36. The molecule has 6 nitrogen and oxygen atoms in total. The number of halogens is 1. The third-order valence-electron chi connectivity index (χ3n) is 3.78. The maximum atomic E-state index is 12.2. The van der Waals surface area contributed by atoms with Crippen molar-refractivity contribution in [1.29, 1.82) is 0 Å². The minimum atomic E-state index is -0.447. The lowest BCUT2D eigenvalue weighted by Crippen LogP contribution is -2.42. The van der Waals surface area contributed by atoms with E-state index in [1.54, 1.807) is 12.1 Å². The SMILES string of the molecule is CC(C)(C)OC(=O)N1CCC[C@H](CCCOc2ccc(Cl)nn2)C1. The molecule has 0 aliphatic carbocycles. The van der Waals surface area contributed by atoms with Crippen LogP contribution in [0.2, 0.25) is 5.15 Å². The average Bonchev–Trinajstić information content (AvgIpc) is 2.52. The Morgan fingerprint density at radius 1 is 1.38 bits per heavy atom. The van der Waals surface area contributed by atoms with E-state index in [0.717, 1.165) is 38.8 Å². The van der Waals surface area contributed by atoms with Gasteiger partial charge in [0.25, 0.3) is 0 Å². The Morgan fingerprint density at radius 2 is 2.17 bits per heavy atom. The molecule has 1 saturated heterocycles. The molecule has 0 radical (unpaired) electrons. The summed E-state index contributed by atoms with van der Waals surface area (Å²) in [5, 5.41) is 7.95. The van der Waals surface area contributed by atoms with Crippen molar-refractivity contribution in [3.8, 4) is 5.88 Å². The number of carbonyl (C=O) groups is 1. The molecular formula is C17H26ClN3O3. The topological polar surface area (TPSA) is 64.5 Å². The van der Waals surface area contributed by atoms with Crippen molar-refractivity contribution in [3.05, 3.63) is 17.3 Å². The molecule has 7 heteroatoms. The molecule has 0 saturated carbocycles. The van der Waals surface area contributed by atoms with E-state index in [9.17, 15) is 4.79 Å². The number of rotatable bonds is 5. The zero-order valence-electron chi connectivity index (χ0n) is 14.6. The standard InChI is InChI=1S/C17H26ClN3O3/c1-17(2,3)24-16(22)21-10-4-6-13(12-21)7-5-11-23-15-9-8-14(18)19-20-15/h8-9,13H,4-7,10-12H2,1-3H3/t13-/m1/s1. The van der Waals surface area contributed by atoms with Crippen LogP contribution in [-0.4, -0.2) is 46.5 Å². The van der Waals surface area contributed by atoms with E-state index in [1.807, 2.05) is 25.7 Å². The first kappa shape index (κ1) is 18.8. The van der Waals surface area contributed by atoms with E-state index in [1.165, 1.54) is 0 Å². The number of aromatic nitrogens is 2.